The lowest BCUT2D eigenvalue weighted by Gasteiger charge is -2.42. The van der Waals surface area contributed by atoms with Gasteiger partial charge in [0.2, 0.25) is 0 Å². The van der Waals surface area contributed by atoms with Crippen molar-refractivity contribution in [3.8, 4) is 23.2 Å². The van der Waals surface area contributed by atoms with Gasteiger partial charge in [-0.15, -0.1) is 0 Å². The van der Waals surface area contributed by atoms with Crippen LogP contribution in [-0.4, -0.2) is 91.9 Å². The molecule has 1 amide bonds. The van der Waals surface area contributed by atoms with E-state index in [0.29, 0.717) is 42.8 Å². The van der Waals surface area contributed by atoms with Crippen molar-refractivity contribution >= 4 is 61.0 Å². The van der Waals surface area contributed by atoms with E-state index in [1.54, 1.807) is 23.2 Å². The first kappa shape index (κ1) is 32.3. The van der Waals surface area contributed by atoms with Gasteiger partial charge in [0, 0.05) is 67.0 Å². The molecular weight excluding hydrogens is 703 g/mol. The highest BCUT2D eigenvalue weighted by Crippen LogP contribution is 2.45. The first-order chi connectivity index (χ1) is 24.6. The lowest BCUT2D eigenvalue weighted by atomic mass is 9.95. The monoisotopic (exact) mass is 733 g/mol. The molecule has 0 saturated carbocycles. The van der Waals surface area contributed by atoms with Gasteiger partial charge in [-0.2, -0.15) is 15.2 Å². The molecule has 3 aromatic heterocycles. The minimum atomic E-state index is -0.955. The minimum Gasteiger partial charge on any atom is -0.461 e. The summed E-state index contributed by atoms with van der Waals surface area (Å²) < 4.78 is 54.3. The molecule has 16 heteroatoms. The number of alkyl halides is 1. The number of hydrogen-bond donors (Lipinski definition) is 1. The van der Waals surface area contributed by atoms with Crippen LogP contribution in [0.15, 0.2) is 36.7 Å². The molecule has 4 aliphatic rings. The molecule has 0 aliphatic carbocycles. The maximum Gasteiger partial charge on any atom is 0.328 e. The van der Waals surface area contributed by atoms with Crippen LogP contribution < -0.4 is 15.4 Å². The molecule has 2 bridgehead atoms. The fourth-order valence-electron chi connectivity index (χ4n) is 8.66. The van der Waals surface area contributed by atoms with Crippen molar-refractivity contribution in [3.05, 3.63) is 58.9 Å². The quantitative estimate of drug-likeness (QED) is 0.219. The number of piperazine rings is 1. The molecular formula is C35H31ClF3N9O2S. The predicted octanol–water partition coefficient (Wildman–Crippen LogP) is 6.37. The molecule has 9 rings (SSSR count). The SMILES string of the molecule is N#Cc1ccn(C(=O)N2CC3CCC(C2)N3c2nc(OC[C@@]34CCCN3C[C@H](F)C4)nc3c(F)c(-c4ccc(F)c5sc(N)nc45)c(Cl)cc23)c1. The molecule has 5 aromatic rings. The van der Waals surface area contributed by atoms with Gasteiger partial charge in [-0.05, 0) is 56.5 Å². The number of carbonyl (C=O) groups excluding carboxylic acids is 1. The largest absolute Gasteiger partial charge is 0.461 e. The summed E-state index contributed by atoms with van der Waals surface area (Å²) in [4.78, 5) is 33.2. The number of nitrogens with two attached hydrogens (primary N) is 1. The zero-order valence-corrected chi connectivity index (χ0v) is 28.7. The summed E-state index contributed by atoms with van der Waals surface area (Å²) in [6, 6.07) is 7.30. The van der Waals surface area contributed by atoms with E-state index in [1.807, 2.05) is 6.07 Å². The smallest absolute Gasteiger partial charge is 0.328 e. The van der Waals surface area contributed by atoms with Gasteiger partial charge < -0.3 is 20.3 Å². The second kappa shape index (κ2) is 12.0. The second-order valence-corrected chi connectivity index (χ2v) is 15.3. The van der Waals surface area contributed by atoms with E-state index in [4.69, 9.17) is 27.1 Å². The number of nitriles is 1. The van der Waals surface area contributed by atoms with Gasteiger partial charge in [-0.1, -0.05) is 22.9 Å². The van der Waals surface area contributed by atoms with Gasteiger partial charge in [-0.25, -0.2) is 22.9 Å². The van der Waals surface area contributed by atoms with E-state index in [9.17, 15) is 18.8 Å². The molecule has 11 nitrogen and oxygen atoms in total. The topological polar surface area (TPSA) is 129 Å². The molecule has 51 heavy (non-hydrogen) atoms. The van der Waals surface area contributed by atoms with E-state index in [2.05, 4.69) is 19.8 Å². The summed E-state index contributed by atoms with van der Waals surface area (Å²) >= 11 is 7.84. The van der Waals surface area contributed by atoms with Gasteiger partial charge >= 0.3 is 12.0 Å². The molecule has 7 heterocycles. The molecule has 2 aromatic carbocycles. The number of amides is 1. The number of hydrogen-bond acceptors (Lipinski definition) is 10. The fourth-order valence-corrected chi connectivity index (χ4v) is 9.72. The van der Waals surface area contributed by atoms with Crippen LogP contribution in [0.5, 0.6) is 6.01 Å². The third-order valence-corrected chi connectivity index (χ3v) is 12.1. The number of halogens is 4. The van der Waals surface area contributed by atoms with Crippen molar-refractivity contribution in [2.24, 2.45) is 0 Å². The summed E-state index contributed by atoms with van der Waals surface area (Å²) in [7, 11) is 0. The van der Waals surface area contributed by atoms with Crippen LogP contribution in [0.1, 0.15) is 37.7 Å². The summed E-state index contributed by atoms with van der Waals surface area (Å²) in [6.07, 6.45) is 5.69. The van der Waals surface area contributed by atoms with Crippen molar-refractivity contribution < 1.29 is 22.7 Å². The Labute approximate surface area is 299 Å². The Morgan fingerprint density at radius 2 is 1.94 bits per heavy atom. The Morgan fingerprint density at radius 3 is 2.71 bits per heavy atom. The number of rotatable bonds is 5. The molecule has 4 saturated heterocycles. The van der Waals surface area contributed by atoms with Crippen molar-refractivity contribution in [1.82, 2.24) is 29.3 Å². The molecule has 2 unspecified atom stereocenters. The third-order valence-electron chi connectivity index (χ3n) is 10.9. The number of anilines is 2. The number of aromatic nitrogens is 4. The average molecular weight is 734 g/mol. The maximum absolute atomic E-state index is 17.0. The lowest BCUT2D eigenvalue weighted by Crippen LogP contribution is -2.56. The van der Waals surface area contributed by atoms with Crippen LogP contribution in [0.25, 0.3) is 32.2 Å². The predicted molar refractivity (Wildman–Crippen MR) is 187 cm³/mol. The molecule has 4 atom stereocenters. The summed E-state index contributed by atoms with van der Waals surface area (Å²) in [5.41, 5.74) is 6.25. The zero-order valence-electron chi connectivity index (χ0n) is 27.2. The number of thiazole rings is 1. The zero-order chi connectivity index (χ0) is 35.2. The summed E-state index contributed by atoms with van der Waals surface area (Å²) in [5.74, 6) is -0.857. The van der Waals surface area contributed by atoms with Gasteiger partial charge in [-0.3, -0.25) is 9.47 Å². The standard InChI is InChI=1S/C35H31ClF3N9O2S/c36-24-10-23-28(27(39)26(24)22-4-5-25(38)30-29(22)42-32(41)51-30)43-33(50-17-35-7-1-8-47(35)14-19(37)11-35)44-31(23)48-20-2-3-21(48)16-46(15-20)34(49)45-9-6-18(12-40)13-45/h4-6,9-10,13,19-21H,1-3,7-8,11,14-17H2,(H2,41,42)/t19-,20?,21?,35+/m1/s1. The van der Waals surface area contributed by atoms with Crippen LogP contribution in [0.2, 0.25) is 5.02 Å². The Hall–Kier alpha value is -4.65. The van der Waals surface area contributed by atoms with Crippen LogP contribution in [0.4, 0.5) is 28.9 Å². The normalized spacial score (nSPS) is 24.5. The van der Waals surface area contributed by atoms with E-state index >= 15 is 4.39 Å². The number of benzene rings is 2. The molecule has 4 fully saturated rings. The number of fused-ring (bicyclic) bond motifs is 5. The van der Waals surface area contributed by atoms with Crippen molar-refractivity contribution in [2.45, 2.75) is 55.9 Å². The number of ether oxygens (including phenoxy) is 1. The van der Waals surface area contributed by atoms with Crippen LogP contribution in [0.3, 0.4) is 0 Å². The third kappa shape index (κ3) is 5.17. The van der Waals surface area contributed by atoms with Crippen LogP contribution >= 0.6 is 22.9 Å². The molecule has 262 valence electrons. The van der Waals surface area contributed by atoms with E-state index < -0.39 is 23.3 Å². The van der Waals surface area contributed by atoms with Gasteiger partial charge in [0.1, 0.15) is 36.0 Å². The van der Waals surface area contributed by atoms with E-state index in [0.717, 1.165) is 43.6 Å². The van der Waals surface area contributed by atoms with Crippen LogP contribution in [0, 0.1) is 23.0 Å². The lowest BCUT2D eigenvalue weighted by molar-refractivity contribution is 0.107. The Morgan fingerprint density at radius 1 is 1.14 bits per heavy atom. The van der Waals surface area contributed by atoms with Crippen LogP contribution in [-0.2, 0) is 0 Å². The van der Waals surface area contributed by atoms with Gasteiger partial charge in [0.05, 0.1) is 26.3 Å². The highest BCUT2D eigenvalue weighted by Gasteiger charge is 2.50. The summed E-state index contributed by atoms with van der Waals surface area (Å²) in [6.45, 7) is 2.03. The Kier molecular flexibility index (Phi) is 7.57. The first-order valence-electron chi connectivity index (χ1n) is 16.8. The van der Waals surface area contributed by atoms with Crippen molar-refractivity contribution in [3.63, 3.8) is 0 Å². The molecule has 2 N–H and O–H groups in total. The number of likely N-dealkylation sites (tertiary alicyclic amines) is 1. The first-order valence-corrected chi connectivity index (χ1v) is 18.0. The van der Waals surface area contributed by atoms with E-state index in [-0.39, 0.29) is 67.7 Å². The fraction of sp³-hybridized carbons (Fsp3) is 0.400. The molecule has 0 radical (unpaired) electrons. The number of nitrogens with zero attached hydrogens (tertiary/aromatic N) is 8. The molecule has 0 spiro atoms. The van der Waals surface area contributed by atoms with Crippen molar-refractivity contribution in [2.75, 3.05) is 43.4 Å². The van der Waals surface area contributed by atoms with Crippen molar-refractivity contribution in [1.29, 1.82) is 5.26 Å². The van der Waals surface area contributed by atoms with Gasteiger partial charge in [0.25, 0.3) is 0 Å². The minimum absolute atomic E-state index is 0.00598. The number of carbonyl (C=O) groups is 1. The average Bonchev–Trinajstić information content (AvgIpc) is 3.93. The maximum atomic E-state index is 17.0. The Balaban J connectivity index is 1.14. The second-order valence-electron chi connectivity index (χ2n) is 13.9. The summed E-state index contributed by atoms with van der Waals surface area (Å²) in [5, 5.41) is 9.79. The highest BCUT2D eigenvalue weighted by molar-refractivity contribution is 7.22. The number of nitrogen functional groups attached to an aromatic ring is 1. The highest BCUT2D eigenvalue weighted by atomic mass is 35.5. The molecule has 4 aliphatic heterocycles. The van der Waals surface area contributed by atoms with Gasteiger partial charge in [0.15, 0.2) is 10.9 Å². The van der Waals surface area contributed by atoms with E-state index in [1.165, 1.54) is 22.9 Å². The Bertz CT molecular complexity index is 2280.